The van der Waals surface area contributed by atoms with Crippen LogP contribution in [-0.2, 0) is 17.8 Å². The van der Waals surface area contributed by atoms with Crippen LogP contribution in [0.4, 0.5) is 5.69 Å². The Morgan fingerprint density at radius 3 is 2.50 bits per heavy atom. The molecule has 0 heterocycles. The summed E-state index contributed by atoms with van der Waals surface area (Å²) in [6.07, 6.45) is 1.23. The summed E-state index contributed by atoms with van der Waals surface area (Å²) in [4.78, 5) is 11.8. The second-order valence-corrected chi connectivity index (χ2v) is 4.94. The van der Waals surface area contributed by atoms with Gasteiger partial charge < -0.3 is 11.1 Å². The molecule has 0 bridgehead atoms. The quantitative estimate of drug-likeness (QED) is 0.819. The predicted octanol–water partition coefficient (Wildman–Crippen LogP) is 2.83. The molecule has 0 radical (unpaired) electrons. The van der Waals surface area contributed by atoms with Crippen LogP contribution in [-0.4, -0.2) is 5.91 Å². The summed E-state index contributed by atoms with van der Waals surface area (Å²) in [7, 11) is 0. The Balaban J connectivity index is 1.78. The van der Waals surface area contributed by atoms with Crippen molar-refractivity contribution in [3.8, 4) is 0 Å². The Labute approximate surface area is 119 Å². The number of anilines is 1. The number of carbonyl (C=O) groups excluding carboxylic acids is 1. The van der Waals surface area contributed by atoms with Crippen molar-refractivity contribution in [3.05, 3.63) is 65.2 Å². The third kappa shape index (κ3) is 4.12. The highest BCUT2D eigenvalue weighted by Gasteiger charge is 2.03. The van der Waals surface area contributed by atoms with Crippen LogP contribution < -0.4 is 11.1 Å². The highest BCUT2D eigenvalue weighted by Crippen LogP contribution is 2.08. The van der Waals surface area contributed by atoms with Gasteiger partial charge in [0.15, 0.2) is 0 Å². The molecule has 3 heteroatoms. The van der Waals surface area contributed by atoms with Crippen LogP contribution in [0.15, 0.2) is 48.5 Å². The fourth-order valence-electron chi connectivity index (χ4n) is 2.03. The number of hydrogen-bond donors (Lipinski definition) is 2. The van der Waals surface area contributed by atoms with Crippen molar-refractivity contribution in [2.75, 3.05) is 5.73 Å². The van der Waals surface area contributed by atoms with Crippen LogP contribution in [0, 0.1) is 6.92 Å². The first kappa shape index (κ1) is 14.1. The zero-order valence-corrected chi connectivity index (χ0v) is 11.7. The van der Waals surface area contributed by atoms with E-state index in [2.05, 4.69) is 18.3 Å². The molecule has 3 nitrogen and oxygen atoms in total. The van der Waals surface area contributed by atoms with Crippen molar-refractivity contribution in [1.29, 1.82) is 0 Å². The van der Waals surface area contributed by atoms with E-state index in [9.17, 15) is 4.79 Å². The number of rotatable bonds is 5. The van der Waals surface area contributed by atoms with Crippen LogP contribution >= 0.6 is 0 Å². The Bertz CT molecular complexity index is 576. The van der Waals surface area contributed by atoms with Crippen molar-refractivity contribution >= 4 is 11.6 Å². The highest BCUT2D eigenvalue weighted by molar-refractivity contribution is 5.76. The van der Waals surface area contributed by atoms with Gasteiger partial charge in [0, 0.05) is 18.7 Å². The van der Waals surface area contributed by atoms with Crippen LogP contribution in [0.3, 0.4) is 0 Å². The third-order valence-corrected chi connectivity index (χ3v) is 3.36. The van der Waals surface area contributed by atoms with Crippen LogP contribution in [0.2, 0.25) is 0 Å². The van der Waals surface area contributed by atoms with Crippen molar-refractivity contribution in [3.63, 3.8) is 0 Å². The fourth-order valence-corrected chi connectivity index (χ4v) is 2.03. The number of amides is 1. The van der Waals surface area contributed by atoms with Crippen LogP contribution in [0.5, 0.6) is 0 Å². The maximum Gasteiger partial charge on any atom is 0.220 e. The average molecular weight is 268 g/mol. The smallest absolute Gasteiger partial charge is 0.220 e. The molecule has 0 fully saturated rings. The topological polar surface area (TPSA) is 55.1 Å². The lowest BCUT2D eigenvalue weighted by molar-refractivity contribution is -0.121. The van der Waals surface area contributed by atoms with Crippen molar-refractivity contribution in [2.24, 2.45) is 0 Å². The molecule has 0 aliphatic carbocycles. The van der Waals surface area contributed by atoms with Gasteiger partial charge in [0.2, 0.25) is 5.91 Å². The van der Waals surface area contributed by atoms with E-state index >= 15 is 0 Å². The molecule has 104 valence electrons. The molecule has 0 aliphatic heterocycles. The summed E-state index contributed by atoms with van der Waals surface area (Å²) in [6, 6.07) is 15.7. The summed E-state index contributed by atoms with van der Waals surface area (Å²) >= 11 is 0. The molecule has 0 aliphatic rings. The minimum Gasteiger partial charge on any atom is -0.399 e. The first-order valence-electron chi connectivity index (χ1n) is 6.81. The molecule has 0 saturated heterocycles. The standard InChI is InChI=1S/C17H20N2O/c1-13-4-2-3-5-15(13)12-19-17(20)11-8-14-6-9-16(18)10-7-14/h2-7,9-10H,8,11-12,18H2,1H3,(H,19,20). The molecule has 0 saturated carbocycles. The first-order valence-corrected chi connectivity index (χ1v) is 6.81. The maximum atomic E-state index is 11.8. The van der Waals surface area contributed by atoms with E-state index in [0.717, 1.165) is 23.2 Å². The molecule has 2 rings (SSSR count). The zero-order valence-electron chi connectivity index (χ0n) is 11.7. The maximum absolute atomic E-state index is 11.8. The van der Waals surface area contributed by atoms with Gasteiger partial charge in [0.25, 0.3) is 0 Å². The molecule has 2 aromatic rings. The Morgan fingerprint density at radius 1 is 1.10 bits per heavy atom. The Hall–Kier alpha value is -2.29. The number of carbonyl (C=O) groups is 1. The van der Waals surface area contributed by atoms with Gasteiger partial charge in [-0.3, -0.25) is 4.79 Å². The third-order valence-electron chi connectivity index (χ3n) is 3.36. The Kier molecular flexibility index (Phi) is 4.77. The van der Waals surface area contributed by atoms with Gasteiger partial charge in [-0.05, 0) is 42.2 Å². The van der Waals surface area contributed by atoms with E-state index < -0.39 is 0 Å². The predicted molar refractivity (Wildman–Crippen MR) is 82.2 cm³/mol. The number of nitrogens with one attached hydrogen (secondary N) is 1. The normalized spacial score (nSPS) is 10.2. The van der Waals surface area contributed by atoms with E-state index in [1.54, 1.807) is 0 Å². The largest absolute Gasteiger partial charge is 0.399 e. The molecular weight excluding hydrogens is 248 g/mol. The Morgan fingerprint density at radius 2 is 1.80 bits per heavy atom. The number of benzene rings is 2. The van der Waals surface area contributed by atoms with E-state index in [1.165, 1.54) is 5.56 Å². The summed E-state index contributed by atoms with van der Waals surface area (Å²) in [5.74, 6) is 0.0741. The lowest BCUT2D eigenvalue weighted by atomic mass is 10.1. The number of aryl methyl sites for hydroxylation is 2. The van der Waals surface area contributed by atoms with Crippen molar-refractivity contribution in [1.82, 2.24) is 5.32 Å². The zero-order chi connectivity index (χ0) is 14.4. The SMILES string of the molecule is Cc1ccccc1CNC(=O)CCc1ccc(N)cc1. The molecule has 20 heavy (non-hydrogen) atoms. The lowest BCUT2D eigenvalue weighted by Crippen LogP contribution is -2.23. The summed E-state index contributed by atoms with van der Waals surface area (Å²) in [5.41, 5.74) is 9.87. The monoisotopic (exact) mass is 268 g/mol. The molecular formula is C17H20N2O. The van der Waals surface area contributed by atoms with Gasteiger partial charge in [0.1, 0.15) is 0 Å². The van der Waals surface area contributed by atoms with Crippen molar-refractivity contribution in [2.45, 2.75) is 26.3 Å². The minimum atomic E-state index is 0.0741. The second kappa shape index (κ2) is 6.75. The molecule has 0 aromatic heterocycles. The molecule has 1 amide bonds. The van der Waals surface area contributed by atoms with Gasteiger partial charge >= 0.3 is 0 Å². The molecule has 0 atom stereocenters. The van der Waals surface area contributed by atoms with E-state index in [1.807, 2.05) is 42.5 Å². The summed E-state index contributed by atoms with van der Waals surface area (Å²) < 4.78 is 0. The van der Waals surface area contributed by atoms with Gasteiger partial charge in [-0.25, -0.2) is 0 Å². The highest BCUT2D eigenvalue weighted by atomic mass is 16.1. The number of nitrogens with two attached hydrogens (primary N) is 1. The summed E-state index contributed by atoms with van der Waals surface area (Å²) in [6.45, 7) is 2.64. The van der Waals surface area contributed by atoms with Gasteiger partial charge in [-0.1, -0.05) is 36.4 Å². The first-order chi connectivity index (χ1) is 9.65. The van der Waals surface area contributed by atoms with E-state index in [4.69, 9.17) is 5.73 Å². The van der Waals surface area contributed by atoms with Gasteiger partial charge in [-0.2, -0.15) is 0 Å². The van der Waals surface area contributed by atoms with Crippen LogP contribution in [0.1, 0.15) is 23.1 Å². The molecule has 2 aromatic carbocycles. The van der Waals surface area contributed by atoms with E-state index in [0.29, 0.717) is 13.0 Å². The van der Waals surface area contributed by atoms with E-state index in [-0.39, 0.29) is 5.91 Å². The lowest BCUT2D eigenvalue weighted by Gasteiger charge is -2.08. The molecule has 3 N–H and O–H groups in total. The van der Waals surface area contributed by atoms with Gasteiger partial charge in [0.05, 0.1) is 0 Å². The van der Waals surface area contributed by atoms with Crippen LogP contribution in [0.25, 0.3) is 0 Å². The molecule has 0 spiro atoms. The van der Waals surface area contributed by atoms with Crippen molar-refractivity contribution < 1.29 is 4.79 Å². The average Bonchev–Trinajstić information content (AvgIpc) is 2.46. The number of nitrogen functional groups attached to an aromatic ring is 1. The fraction of sp³-hybridized carbons (Fsp3) is 0.235. The second-order valence-electron chi connectivity index (χ2n) is 4.94. The minimum absolute atomic E-state index is 0.0741. The summed E-state index contributed by atoms with van der Waals surface area (Å²) in [5, 5.41) is 2.96. The number of hydrogen-bond acceptors (Lipinski definition) is 2. The molecule has 0 unspecified atom stereocenters. The van der Waals surface area contributed by atoms with Gasteiger partial charge in [-0.15, -0.1) is 0 Å².